The molecule has 1 aliphatic heterocycles. The van der Waals surface area contributed by atoms with Crippen LogP contribution < -0.4 is 5.32 Å². The number of carbonyl (C=O) groups excluding carboxylic acids is 3. The number of aliphatic hydroxyl groups excluding tert-OH is 1. The standard InChI is InChI=1S/C14H14N2O5/c1-8(18)9-3-2-4-11(19)13(9)15-10-7-12(20)16(5-6-17)14(10)21/h2-4,7,15,17,19H,5-6H2,1H3. The van der Waals surface area contributed by atoms with Crippen LogP contribution in [-0.2, 0) is 9.59 Å². The summed E-state index contributed by atoms with van der Waals surface area (Å²) in [5, 5.41) is 21.3. The molecule has 0 radical (unpaired) electrons. The largest absolute Gasteiger partial charge is 0.506 e. The predicted molar refractivity (Wildman–Crippen MR) is 73.6 cm³/mol. The van der Waals surface area contributed by atoms with Gasteiger partial charge in [0.2, 0.25) is 0 Å². The fourth-order valence-corrected chi connectivity index (χ4v) is 2.01. The van der Waals surface area contributed by atoms with E-state index in [1.54, 1.807) is 0 Å². The number of ketones is 1. The van der Waals surface area contributed by atoms with Gasteiger partial charge in [-0.25, -0.2) is 0 Å². The average molecular weight is 290 g/mol. The van der Waals surface area contributed by atoms with Crippen molar-refractivity contribution < 1.29 is 24.6 Å². The SMILES string of the molecule is CC(=O)c1cccc(O)c1NC1=CC(=O)N(CCO)C1=O. The Balaban J connectivity index is 2.32. The van der Waals surface area contributed by atoms with Gasteiger partial charge in [-0.2, -0.15) is 0 Å². The molecular formula is C14H14N2O5. The Morgan fingerprint density at radius 1 is 1.33 bits per heavy atom. The van der Waals surface area contributed by atoms with Crippen LogP contribution in [0.25, 0.3) is 0 Å². The van der Waals surface area contributed by atoms with E-state index in [0.29, 0.717) is 0 Å². The lowest BCUT2D eigenvalue weighted by atomic mass is 10.1. The Hall–Kier alpha value is -2.67. The lowest BCUT2D eigenvalue weighted by Gasteiger charge is -2.15. The van der Waals surface area contributed by atoms with Gasteiger partial charge in [0.1, 0.15) is 11.4 Å². The quantitative estimate of drug-likeness (QED) is 0.408. The minimum absolute atomic E-state index is 0.0579. The van der Waals surface area contributed by atoms with Crippen LogP contribution in [0.3, 0.4) is 0 Å². The lowest BCUT2D eigenvalue weighted by molar-refractivity contribution is -0.137. The number of anilines is 1. The fraction of sp³-hybridized carbons (Fsp3) is 0.214. The Kier molecular flexibility index (Phi) is 4.04. The first-order chi connectivity index (χ1) is 9.95. The number of aliphatic hydroxyl groups is 1. The molecule has 0 unspecified atom stereocenters. The molecule has 0 bridgehead atoms. The number of phenols is 1. The molecule has 1 aliphatic rings. The summed E-state index contributed by atoms with van der Waals surface area (Å²) in [7, 11) is 0. The highest BCUT2D eigenvalue weighted by Crippen LogP contribution is 2.30. The van der Waals surface area contributed by atoms with Gasteiger partial charge in [0, 0.05) is 11.6 Å². The van der Waals surface area contributed by atoms with Crippen molar-refractivity contribution in [1.82, 2.24) is 4.90 Å². The fourth-order valence-electron chi connectivity index (χ4n) is 2.01. The second-order valence-electron chi connectivity index (χ2n) is 4.46. The molecule has 0 fully saturated rings. The third-order valence-corrected chi connectivity index (χ3v) is 3.01. The van der Waals surface area contributed by atoms with Crippen LogP contribution in [0.1, 0.15) is 17.3 Å². The van der Waals surface area contributed by atoms with E-state index in [-0.39, 0.29) is 41.6 Å². The first-order valence-corrected chi connectivity index (χ1v) is 6.24. The molecule has 2 amide bonds. The zero-order valence-corrected chi connectivity index (χ0v) is 11.3. The Labute approximate surface area is 120 Å². The van der Waals surface area contributed by atoms with Crippen molar-refractivity contribution in [3.8, 4) is 5.75 Å². The molecule has 7 heteroatoms. The summed E-state index contributed by atoms with van der Waals surface area (Å²) in [4.78, 5) is 36.0. The normalized spacial score (nSPS) is 14.4. The summed E-state index contributed by atoms with van der Waals surface area (Å²) in [6.45, 7) is 0.877. The van der Waals surface area contributed by atoms with E-state index in [2.05, 4.69) is 5.32 Å². The Morgan fingerprint density at radius 3 is 2.67 bits per heavy atom. The third-order valence-electron chi connectivity index (χ3n) is 3.01. The van der Waals surface area contributed by atoms with Crippen LogP contribution in [-0.4, -0.2) is 45.9 Å². The molecule has 0 spiro atoms. The number of nitrogens with one attached hydrogen (secondary N) is 1. The predicted octanol–water partition coefficient (Wildman–Crippen LogP) is 0.252. The number of Topliss-reactive ketones (excluding diaryl/α,β-unsaturated/α-hetero) is 1. The van der Waals surface area contributed by atoms with Crippen LogP contribution in [0, 0.1) is 0 Å². The van der Waals surface area contributed by atoms with Gasteiger partial charge < -0.3 is 15.5 Å². The maximum Gasteiger partial charge on any atom is 0.277 e. The third kappa shape index (κ3) is 2.77. The monoisotopic (exact) mass is 290 g/mol. The summed E-state index contributed by atoms with van der Waals surface area (Å²) >= 11 is 0. The van der Waals surface area contributed by atoms with Gasteiger partial charge in [0.25, 0.3) is 11.8 Å². The molecule has 2 rings (SSSR count). The number of amides is 2. The number of phenolic OH excluding ortho intramolecular Hbond substituents is 1. The molecule has 7 nitrogen and oxygen atoms in total. The minimum Gasteiger partial charge on any atom is -0.506 e. The van der Waals surface area contributed by atoms with Gasteiger partial charge in [-0.05, 0) is 19.1 Å². The molecule has 0 atom stereocenters. The smallest absolute Gasteiger partial charge is 0.277 e. The Bertz CT molecular complexity index is 651. The first-order valence-electron chi connectivity index (χ1n) is 6.24. The molecular weight excluding hydrogens is 276 g/mol. The van der Waals surface area contributed by atoms with Gasteiger partial charge >= 0.3 is 0 Å². The van der Waals surface area contributed by atoms with Crippen molar-refractivity contribution >= 4 is 23.3 Å². The number of carbonyl (C=O) groups is 3. The van der Waals surface area contributed by atoms with Crippen LogP contribution in [0.2, 0.25) is 0 Å². The molecule has 0 saturated heterocycles. The summed E-state index contributed by atoms with van der Waals surface area (Å²) < 4.78 is 0. The van der Waals surface area contributed by atoms with E-state index in [1.165, 1.54) is 25.1 Å². The molecule has 1 aromatic rings. The minimum atomic E-state index is -0.619. The van der Waals surface area contributed by atoms with E-state index in [4.69, 9.17) is 5.11 Å². The molecule has 21 heavy (non-hydrogen) atoms. The molecule has 0 aromatic heterocycles. The van der Waals surface area contributed by atoms with E-state index in [1.807, 2.05) is 0 Å². The van der Waals surface area contributed by atoms with Crippen LogP contribution in [0.5, 0.6) is 5.75 Å². The summed E-state index contributed by atoms with van der Waals surface area (Å²) in [5.41, 5.74) is 0.220. The number of rotatable bonds is 5. The number of benzene rings is 1. The van der Waals surface area contributed by atoms with Gasteiger partial charge in [-0.1, -0.05) is 6.07 Å². The maximum absolute atomic E-state index is 12.0. The van der Waals surface area contributed by atoms with E-state index in [0.717, 1.165) is 11.0 Å². The van der Waals surface area contributed by atoms with E-state index >= 15 is 0 Å². The number of nitrogens with zero attached hydrogens (tertiary/aromatic N) is 1. The summed E-state index contributed by atoms with van der Waals surface area (Å²) in [5.74, 6) is -1.68. The highest BCUT2D eigenvalue weighted by Gasteiger charge is 2.31. The van der Waals surface area contributed by atoms with E-state index < -0.39 is 11.8 Å². The number of β-amino-alcohol motifs (C(OH)–C–C–N with tert-alkyl or cyclic N) is 1. The van der Waals surface area contributed by atoms with Gasteiger partial charge in [0.05, 0.1) is 18.8 Å². The molecule has 0 saturated carbocycles. The number of aromatic hydroxyl groups is 1. The van der Waals surface area contributed by atoms with E-state index in [9.17, 15) is 19.5 Å². The molecule has 1 aromatic carbocycles. The van der Waals surface area contributed by atoms with Crippen molar-refractivity contribution in [2.45, 2.75) is 6.92 Å². The van der Waals surface area contributed by atoms with Crippen LogP contribution in [0.4, 0.5) is 5.69 Å². The summed E-state index contributed by atoms with van der Waals surface area (Å²) in [6, 6.07) is 4.37. The molecule has 1 heterocycles. The molecule has 110 valence electrons. The van der Waals surface area contributed by atoms with Crippen molar-refractivity contribution in [1.29, 1.82) is 0 Å². The second kappa shape index (κ2) is 5.76. The zero-order chi connectivity index (χ0) is 15.6. The Morgan fingerprint density at radius 2 is 2.05 bits per heavy atom. The topological polar surface area (TPSA) is 107 Å². The average Bonchev–Trinajstić information content (AvgIpc) is 2.69. The maximum atomic E-state index is 12.0. The molecule has 3 N–H and O–H groups in total. The number of hydrogen-bond acceptors (Lipinski definition) is 6. The number of imide groups is 1. The number of hydrogen-bond donors (Lipinski definition) is 3. The molecule has 0 aliphatic carbocycles. The van der Waals surface area contributed by atoms with Gasteiger partial charge in [-0.3, -0.25) is 19.3 Å². The highest BCUT2D eigenvalue weighted by atomic mass is 16.3. The van der Waals surface area contributed by atoms with Gasteiger partial charge in [-0.15, -0.1) is 0 Å². The highest BCUT2D eigenvalue weighted by molar-refractivity contribution is 6.18. The number of para-hydroxylation sites is 1. The van der Waals surface area contributed by atoms with Crippen LogP contribution >= 0.6 is 0 Å². The zero-order valence-electron chi connectivity index (χ0n) is 11.3. The second-order valence-corrected chi connectivity index (χ2v) is 4.46. The lowest BCUT2D eigenvalue weighted by Crippen LogP contribution is -2.34. The van der Waals surface area contributed by atoms with Crippen molar-refractivity contribution in [2.24, 2.45) is 0 Å². The van der Waals surface area contributed by atoms with Gasteiger partial charge in [0.15, 0.2) is 5.78 Å². The van der Waals surface area contributed by atoms with Crippen molar-refractivity contribution in [3.63, 3.8) is 0 Å². The van der Waals surface area contributed by atoms with Crippen LogP contribution in [0.15, 0.2) is 30.0 Å². The van der Waals surface area contributed by atoms with Crippen molar-refractivity contribution in [2.75, 3.05) is 18.5 Å². The summed E-state index contributed by atoms with van der Waals surface area (Å²) in [6.07, 6.45) is 1.06. The van der Waals surface area contributed by atoms with Crippen molar-refractivity contribution in [3.05, 3.63) is 35.5 Å². The first kappa shape index (κ1) is 14.7.